The summed E-state index contributed by atoms with van der Waals surface area (Å²) in [6, 6.07) is 5.40. The molecule has 0 saturated heterocycles. The fourth-order valence-electron chi connectivity index (χ4n) is 1.55. The molecule has 1 aromatic carbocycles. The van der Waals surface area contributed by atoms with Crippen LogP contribution in [0, 0.1) is 6.92 Å². The summed E-state index contributed by atoms with van der Waals surface area (Å²) in [5.41, 5.74) is 8.26. The van der Waals surface area contributed by atoms with Crippen molar-refractivity contribution in [3.63, 3.8) is 0 Å². The minimum atomic E-state index is 0.389. The summed E-state index contributed by atoms with van der Waals surface area (Å²) in [6.07, 6.45) is 0. The number of hydrogen-bond acceptors (Lipinski definition) is 3. The number of rotatable bonds is 3. The second-order valence-electron chi connectivity index (χ2n) is 3.72. The Morgan fingerprint density at radius 3 is 2.71 bits per heavy atom. The fourth-order valence-corrected chi connectivity index (χ4v) is 2.01. The first-order valence-corrected chi connectivity index (χ1v) is 5.90. The average molecular weight is 271 g/mol. The van der Waals surface area contributed by atoms with Crippen LogP contribution in [0.2, 0.25) is 10.0 Å². The maximum atomic E-state index is 6.10. The molecular weight excluding hydrogens is 259 g/mol. The van der Waals surface area contributed by atoms with E-state index in [9.17, 15) is 0 Å². The first kappa shape index (κ1) is 12.4. The maximum absolute atomic E-state index is 6.10. The molecule has 0 spiro atoms. The monoisotopic (exact) mass is 270 g/mol. The third-order valence-electron chi connectivity index (χ3n) is 2.61. The molecule has 2 aromatic rings. The van der Waals surface area contributed by atoms with Gasteiger partial charge in [0.05, 0.1) is 17.9 Å². The topological polar surface area (TPSA) is 56.7 Å². The van der Waals surface area contributed by atoms with Crippen molar-refractivity contribution in [3.05, 3.63) is 45.2 Å². The Bertz CT molecular complexity index is 536. The van der Waals surface area contributed by atoms with Crippen molar-refractivity contribution in [3.8, 4) is 0 Å². The third kappa shape index (κ3) is 2.60. The highest BCUT2D eigenvalue weighted by atomic mass is 35.5. The molecule has 0 saturated carbocycles. The van der Waals surface area contributed by atoms with Crippen LogP contribution in [-0.2, 0) is 13.1 Å². The van der Waals surface area contributed by atoms with Gasteiger partial charge >= 0.3 is 0 Å². The highest BCUT2D eigenvalue weighted by molar-refractivity contribution is 6.35. The molecule has 1 aromatic heterocycles. The van der Waals surface area contributed by atoms with Crippen molar-refractivity contribution in [1.29, 1.82) is 0 Å². The molecule has 90 valence electrons. The lowest BCUT2D eigenvalue weighted by Crippen LogP contribution is -2.05. The molecule has 0 aliphatic carbocycles. The van der Waals surface area contributed by atoms with E-state index in [4.69, 9.17) is 28.9 Å². The molecule has 6 heteroatoms. The predicted molar refractivity (Wildman–Crippen MR) is 68.2 cm³/mol. The van der Waals surface area contributed by atoms with Crippen LogP contribution in [0.3, 0.4) is 0 Å². The second kappa shape index (κ2) is 5.04. The Balaban J connectivity index is 2.28. The van der Waals surface area contributed by atoms with Crippen LogP contribution < -0.4 is 5.73 Å². The smallest absolute Gasteiger partial charge is 0.0991 e. The Kier molecular flexibility index (Phi) is 3.66. The maximum Gasteiger partial charge on any atom is 0.0991 e. The zero-order chi connectivity index (χ0) is 12.4. The Morgan fingerprint density at radius 1 is 1.35 bits per heavy atom. The lowest BCUT2D eigenvalue weighted by Gasteiger charge is -2.06. The SMILES string of the molecule is Cc1c(CN)nnn1Cc1ccc(Cl)cc1Cl. The minimum Gasteiger partial charge on any atom is -0.325 e. The lowest BCUT2D eigenvalue weighted by molar-refractivity contribution is 0.633. The zero-order valence-corrected chi connectivity index (χ0v) is 10.8. The summed E-state index contributed by atoms with van der Waals surface area (Å²) >= 11 is 11.9. The lowest BCUT2D eigenvalue weighted by atomic mass is 10.2. The Hall–Kier alpha value is -1.10. The molecule has 17 heavy (non-hydrogen) atoms. The molecule has 0 amide bonds. The first-order valence-electron chi connectivity index (χ1n) is 5.14. The molecule has 2 rings (SSSR count). The quantitative estimate of drug-likeness (QED) is 0.932. The van der Waals surface area contributed by atoms with E-state index in [1.807, 2.05) is 13.0 Å². The minimum absolute atomic E-state index is 0.389. The van der Waals surface area contributed by atoms with E-state index < -0.39 is 0 Å². The van der Waals surface area contributed by atoms with Gasteiger partial charge in [0, 0.05) is 16.6 Å². The van der Waals surface area contributed by atoms with Crippen molar-refractivity contribution in [1.82, 2.24) is 15.0 Å². The molecular formula is C11H12Cl2N4. The van der Waals surface area contributed by atoms with Crippen LogP contribution in [0.1, 0.15) is 17.0 Å². The van der Waals surface area contributed by atoms with Crippen LogP contribution in [0.15, 0.2) is 18.2 Å². The van der Waals surface area contributed by atoms with Gasteiger partial charge in [0.2, 0.25) is 0 Å². The number of hydrogen-bond donors (Lipinski definition) is 1. The Morgan fingerprint density at radius 2 is 2.12 bits per heavy atom. The number of nitrogens with two attached hydrogens (primary N) is 1. The van der Waals surface area contributed by atoms with Gasteiger partial charge in [-0.2, -0.15) is 0 Å². The van der Waals surface area contributed by atoms with Crippen molar-refractivity contribution in [2.45, 2.75) is 20.0 Å². The van der Waals surface area contributed by atoms with Gasteiger partial charge < -0.3 is 5.73 Å². The molecule has 0 aliphatic heterocycles. The number of benzene rings is 1. The van der Waals surface area contributed by atoms with Crippen molar-refractivity contribution >= 4 is 23.2 Å². The van der Waals surface area contributed by atoms with Gasteiger partial charge in [0.15, 0.2) is 0 Å². The summed E-state index contributed by atoms with van der Waals surface area (Å²) in [6.45, 7) is 2.89. The van der Waals surface area contributed by atoms with E-state index >= 15 is 0 Å². The molecule has 0 bridgehead atoms. The first-order chi connectivity index (χ1) is 8.11. The van der Waals surface area contributed by atoms with E-state index in [0.29, 0.717) is 23.1 Å². The number of halogens is 2. The average Bonchev–Trinajstić information content (AvgIpc) is 2.64. The van der Waals surface area contributed by atoms with E-state index in [-0.39, 0.29) is 0 Å². The van der Waals surface area contributed by atoms with Gasteiger partial charge in [0.25, 0.3) is 0 Å². The van der Waals surface area contributed by atoms with Gasteiger partial charge in [0.1, 0.15) is 0 Å². The van der Waals surface area contributed by atoms with Crippen molar-refractivity contribution in [2.75, 3.05) is 0 Å². The van der Waals surface area contributed by atoms with Gasteiger partial charge in [-0.3, -0.25) is 0 Å². The fraction of sp³-hybridized carbons (Fsp3) is 0.273. The van der Waals surface area contributed by atoms with Crippen LogP contribution in [0.25, 0.3) is 0 Å². The summed E-state index contributed by atoms with van der Waals surface area (Å²) in [5, 5.41) is 9.29. The molecule has 0 unspecified atom stereocenters. The summed E-state index contributed by atoms with van der Waals surface area (Å²) in [7, 11) is 0. The highest BCUT2D eigenvalue weighted by Crippen LogP contribution is 2.22. The zero-order valence-electron chi connectivity index (χ0n) is 9.32. The van der Waals surface area contributed by atoms with Crippen LogP contribution in [0.4, 0.5) is 0 Å². The Labute approximate surface area is 109 Å². The largest absolute Gasteiger partial charge is 0.325 e. The molecule has 0 radical (unpaired) electrons. The van der Waals surface area contributed by atoms with Gasteiger partial charge in [-0.25, -0.2) is 4.68 Å². The number of nitrogens with zero attached hydrogens (tertiary/aromatic N) is 3. The highest BCUT2D eigenvalue weighted by Gasteiger charge is 2.09. The molecule has 2 N–H and O–H groups in total. The van der Waals surface area contributed by atoms with Gasteiger partial charge in [-0.15, -0.1) is 5.10 Å². The van der Waals surface area contributed by atoms with E-state index in [0.717, 1.165) is 17.0 Å². The number of aromatic nitrogens is 3. The predicted octanol–water partition coefficient (Wildman–Crippen LogP) is 2.40. The van der Waals surface area contributed by atoms with Gasteiger partial charge in [-0.1, -0.05) is 34.5 Å². The molecule has 0 fully saturated rings. The summed E-state index contributed by atoms with van der Waals surface area (Å²) in [4.78, 5) is 0. The van der Waals surface area contributed by atoms with Crippen molar-refractivity contribution in [2.24, 2.45) is 5.73 Å². The van der Waals surface area contributed by atoms with Crippen LogP contribution >= 0.6 is 23.2 Å². The summed E-state index contributed by atoms with van der Waals surface area (Å²) < 4.78 is 1.78. The second-order valence-corrected chi connectivity index (χ2v) is 4.56. The van der Waals surface area contributed by atoms with Gasteiger partial charge in [-0.05, 0) is 24.6 Å². The van der Waals surface area contributed by atoms with E-state index in [1.54, 1.807) is 16.8 Å². The third-order valence-corrected chi connectivity index (χ3v) is 3.19. The summed E-state index contributed by atoms with van der Waals surface area (Å²) in [5.74, 6) is 0. The van der Waals surface area contributed by atoms with E-state index in [1.165, 1.54) is 0 Å². The molecule has 1 heterocycles. The standard InChI is InChI=1S/C11H12Cl2N4/c1-7-11(5-14)15-16-17(7)6-8-2-3-9(12)4-10(8)13/h2-4H,5-6,14H2,1H3. The molecule has 0 atom stereocenters. The molecule has 4 nitrogen and oxygen atoms in total. The molecule has 0 aliphatic rings. The normalized spacial score (nSPS) is 10.8. The van der Waals surface area contributed by atoms with Crippen LogP contribution in [-0.4, -0.2) is 15.0 Å². The van der Waals surface area contributed by atoms with E-state index in [2.05, 4.69) is 10.3 Å². The van der Waals surface area contributed by atoms with Crippen molar-refractivity contribution < 1.29 is 0 Å². The van der Waals surface area contributed by atoms with Crippen LogP contribution in [0.5, 0.6) is 0 Å².